The van der Waals surface area contributed by atoms with Gasteiger partial charge in [0.25, 0.3) is 5.91 Å². The number of amides is 1. The van der Waals surface area contributed by atoms with Gasteiger partial charge in [-0.15, -0.1) is 0 Å². The van der Waals surface area contributed by atoms with Crippen molar-refractivity contribution in [3.8, 4) is 0 Å². The van der Waals surface area contributed by atoms with Crippen molar-refractivity contribution in [2.24, 2.45) is 5.92 Å². The molecule has 0 bridgehead atoms. The summed E-state index contributed by atoms with van der Waals surface area (Å²) in [6.07, 6.45) is 1.45. The molecule has 0 aliphatic heterocycles. The summed E-state index contributed by atoms with van der Waals surface area (Å²) in [5.74, 6) is -2.89. The first kappa shape index (κ1) is 15.4. The average molecular weight is 289 g/mol. The summed E-state index contributed by atoms with van der Waals surface area (Å²) in [6, 6.07) is -0.142. The Balaban J connectivity index is 2.94. The Morgan fingerprint density at radius 3 is 2.74 bits per heavy atom. The van der Waals surface area contributed by atoms with E-state index >= 15 is 0 Å². The van der Waals surface area contributed by atoms with Crippen molar-refractivity contribution in [1.29, 1.82) is 0 Å². The van der Waals surface area contributed by atoms with Gasteiger partial charge in [0.05, 0.1) is 11.8 Å². The lowest BCUT2D eigenvalue weighted by Crippen LogP contribution is -2.45. The minimum Gasteiger partial charge on any atom is -0.480 e. The normalized spacial score (nSPS) is 13.7. The minimum atomic E-state index is -1.15. The number of carbonyl (C=O) groups is 2. The lowest BCUT2D eigenvalue weighted by atomic mass is 9.99. The maximum Gasteiger partial charge on any atom is 0.326 e. The predicted octanol–water partition coefficient (Wildman–Crippen LogP) is 2.10. The molecule has 2 atom stereocenters. The fourth-order valence-corrected chi connectivity index (χ4v) is 1.67. The molecule has 5 nitrogen and oxygen atoms in total. The van der Waals surface area contributed by atoms with Gasteiger partial charge in [-0.3, -0.25) is 4.79 Å². The van der Waals surface area contributed by atoms with Crippen molar-refractivity contribution in [3.05, 3.63) is 28.8 Å². The number of hydrogen-bond acceptors (Lipinski definition) is 3. The Morgan fingerprint density at radius 1 is 1.58 bits per heavy atom. The summed E-state index contributed by atoms with van der Waals surface area (Å²) < 4.78 is 13.0. The average Bonchev–Trinajstić information content (AvgIpc) is 2.37. The third kappa shape index (κ3) is 3.89. The molecule has 0 radical (unpaired) electrons. The second-order valence-corrected chi connectivity index (χ2v) is 4.52. The number of hydrogen-bond donors (Lipinski definition) is 2. The molecule has 0 fully saturated rings. The number of carboxylic acids is 1. The van der Waals surface area contributed by atoms with E-state index in [-0.39, 0.29) is 16.6 Å². The molecule has 1 aromatic rings. The summed E-state index contributed by atoms with van der Waals surface area (Å²) in [5, 5.41) is 11.2. The smallest absolute Gasteiger partial charge is 0.326 e. The molecule has 1 amide bonds. The topological polar surface area (TPSA) is 79.3 Å². The molecule has 0 saturated carbocycles. The number of pyridine rings is 1. The van der Waals surface area contributed by atoms with Crippen LogP contribution in [-0.2, 0) is 4.79 Å². The van der Waals surface area contributed by atoms with Crippen molar-refractivity contribution in [2.75, 3.05) is 0 Å². The Kier molecular flexibility index (Phi) is 5.23. The largest absolute Gasteiger partial charge is 0.480 e. The van der Waals surface area contributed by atoms with Crippen LogP contribution in [0.5, 0.6) is 0 Å². The molecule has 1 heterocycles. The minimum absolute atomic E-state index is 0.174. The zero-order valence-electron chi connectivity index (χ0n) is 10.5. The predicted molar refractivity (Wildman–Crippen MR) is 67.6 cm³/mol. The molecular formula is C12H14ClFN2O3. The monoisotopic (exact) mass is 288 g/mol. The first-order valence-corrected chi connectivity index (χ1v) is 6.09. The van der Waals surface area contributed by atoms with Gasteiger partial charge in [0, 0.05) is 0 Å². The standard InChI is InChI=1S/C12H14ClFN2O3/c1-3-6(2)9(12(18)19)16-11(17)8-4-7(14)5-15-10(8)13/h4-6,9H,3H2,1-2H3,(H,16,17)(H,18,19)/t6?,9-/m0/s1. The fraction of sp³-hybridized carbons (Fsp3) is 0.417. The molecule has 19 heavy (non-hydrogen) atoms. The van der Waals surface area contributed by atoms with Crippen LogP contribution < -0.4 is 5.32 Å². The van der Waals surface area contributed by atoms with E-state index in [0.29, 0.717) is 6.42 Å². The van der Waals surface area contributed by atoms with Crippen molar-refractivity contribution in [2.45, 2.75) is 26.3 Å². The van der Waals surface area contributed by atoms with Gasteiger partial charge in [0.15, 0.2) is 0 Å². The third-order valence-corrected chi connectivity index (χ3v) is 3.12. The molecule has 1 rings (SSSR count). The van der Waals surface area contributed by atoms with Crippen LogP contribution in [0.1, 0.15) is 30.6 Å². The Hall–Kier alpha value is -1.69. The highest BCUT2D eigenvalue weighted by atomic mass is 35.5. The summed E-state index contributed by atoms with van der Waals surface area (Å²) in [7, 11) is 0. The number of aliphatic carboxylic acids is 1. The van der Waals surface area contributed by atoms with Gasteiger partial charge in [-0.2, -0.15) is 0 Å². The first-order valence-electron chi connectivity index (χ1n) is 5.71. The van der Waals surface area contributed by atoms with E-state index in [1.54, 1.807) is 6.92 Å². The molecule has 0 aromatic carbocycles. The van der Waals surface area contributed by atoms with Gasteiger partial charge < -0.3 is 10.4 Å². The molecule has 0 spiro atoms. The second-order valence-electron chi connectivity index (χ2n) is 4.17. The van der Waals surface area contributed by atoms with Crippen molar-refractivity contribution >= 4 is 23.5 Å². The van der Waals surface area contributed by atoms with Crippen molar-refractivity contribution < 1.29 is 19.1 Å². The van der Waals surface area contributed by atoms with Gasteiger partial charge in [0.2, 0.25) is 0 Å². The van der Waals surface area contributed by atoms with Gasteiger partial charge in [0.1, 0.15) is 17.0 Å². The lowest BCUT2D eigenvalue weighted by Gasteiger charge is -2.20. The van der Waals surface area contributed by atoms with E-state index in [4.69, 9.17) is 16.7 Å². The van der Waals surface area contributed by atoms with E-state index in [1.807, 2.05) is 6.92 Å². The van der Waals surface area contributed by atoms with Gasteiger partial charge >= 0.3 is 5.97 Å². The Morgan fingerprint density at radius 2 is 2.21 bits per heavy atom. The van der Waals surface area contributed by atoms with Crippen LogP contribution in [0.25, 0.3) is 0 Å². The molecule has 0 saturated heterocycles. The van der Waals surface area contributed by atoms with E-state index in [0.717, 1.165) is 12.3 Å². The number of nitrogens with zero attached hydrogens (tertiary/aromatic N) is 1. The number of halogens is 2. The van der Waals surface area contributed by atoms with Crippen LogP contribution in [0.4, 0.5) is 4.39 Å². The fourth-order valence-electron chi connectivity index (χ4n) is 1.48. The van der Waals surface area contributed by atoms with E-state index in [9.17, 15) is 14.0 Å². The van der Waals surface area contributed by atoms with Crippen LogP contribution in [0.3, 0.4) is 0 Å². The van der Waals surface area contributed by atoms with E-state index in [2.05, 4.69) is 10.3 Å². The zero-order valence-corrected chi connectivity index (χ0v) is 11.2. The highest BCUT2D eigenvalue weighted by Gasteiger charge is 2.26. The first-order chi connectivity index (χ1) is 8.86. The van der Waals surface area contributed by atoms with Crippen LogP contribution >= 0.6 is 11.6 Å². The maximum absolute atomic E-state index is 13.0. The van der Waals surface area contributed by atoms with Crippen LogP contribution in [0.2, 0.25) is 5.15 Å². The van der Waals surface area contributed by atoms with E-state index < -0.39 is 23.7 Å². The van der Waals surface area contributed by atoms with Crippen molar-refractivity contribution in [3.63, 3.8) is 0 Å². The Bertz CT molecular complexity index is 496. The maximum atomic E-state index is 13.0. The molecule has 1 unspecified atom stereocenters. The highest BCUT2D eigenvalue weighted by molar-refractivity contribution is 6.32. The number of carboxylic acid groups (broad SMARTS) is 1. The summed E-state index contributed by atoms with van der Waals surface area (Å²) in [6.45, 7) is 3.51. The molecule has 2 N–H and O–H groups in total. The number of rotatable bonds is 5. The van der Waals surface area contributed by atoms with Crippen LogP contribution in [-0.4, -0.2) is 28.0 Å². The zero-order chi connectivity index (χ0) is 14.6. The van der Waals surface area contributed by atoms with Crippen LogP contribution in [0, 0.1) is 11.7 Å². The molecule has 7 heteroatoms. The summed E-state index contributed by atoms with van der Waals surface area (Å²) >= 11 is 5.68. The second kappa shape index (κ2) is 6.47. The molecule has 0 aliphatic carbocycles. The quantitative estimate of drug-likeness (QED) is 0.813. The van der Waals surface area contributed by atoms with Gasteiger partial charge in [-0.1, -0.05) is 31.9 Å². The summed E-state index contributed by atoms with van der Waals surface area (Å²) in [5.41, 5.74) is -0.184. The van der Waals surface area contributed by atoms with Crippen molar-refractivity contribution in [1.82, 2.24) is 10.3 Å². The number of nitrogens with one attached hydrogen (secondary N) is 1. The van der Waals surface area contributed by atoms with Gasteiger partial charge in [-0.05, 0) is 12.0 Å². The molecule has 104 valence electrons. The summed E-state index contributed by atoms with van der Waals surface area (Å²) in [4.78, 5) is 26.5. The van der Waals surface area contributed by atoms with Gasteiger partial charge in [-0.25, -0.2) is 14.2 Å². The lowest BCUT2D eigenvalue weighted by molar-refractivity contribution is -0.140. The Labute approximate surface area is 114 Å². The number of carbonyl (C=O) groups excluding carboxylic acids is 1. The highest BCUT2D eigenvalue weighted by Crippen LogP contribution is 2.15. The molecular weight excluding hydrogens is 275 g/mol. The third-order valence-electron chi connectivity index (χ3n) is 2.82. The number of aromatic nitrogens is 1. The molecule has 0 aliphatic rings. The SMILES string of the molecule is CCC(C)[C@H](NC(=O)c1cc(F)cnc1Cl)C(=O)O. The van der Waals surface area contributed by atoms with Crippen LogP contribution in [0.15, 0.2) is 12.3 Å². The molecule has 1 aromatic heterocycles. The van der Waals surface area contributed by atoms with E-state index in [1.165, 1.54) is 0 Å².